The Bertz CT molecular complexity index is 2500. The highest BCUT2D eigenvalue weighted by Crippen LogP contribution is 2.39. The molecule has 0 heterocycles. The summed E-state index contributed by atoms with van der Waals surface area (Å²) in [4.78, 5) is 28.8. The van der Waals surface area contributed by atoms with E-state index in [9.17, 15) is 35.2 Å². The number of likely N-dealkylation sites (N-methyl/N-ethyl adjacent to an activating group) is 2. The fourth-order valence-electron chi connectivity index (χ4n) is 9.09. The maximum Gasteiger partial charge on any atom is 0.314 e. The van der Waals surface area contributed by atoms with Gasteiger partial charge in [-0.2, -0.15) is 0 Å². The van der Waals surface area contributed by atoms with Crippen LogP contribution in [-0.4, -0.2) is 157 Å². The Balaban J connectivity index is 0.688. The third kappa shape index (κ3) is 18.8. The maximum absolute atomic E-state index is 14.0. The molecule has 0 unspecified atom stereocenters. The Morgan fingerprint density at radius 2 is 1.01 bits per heavy atom. The number of amides is 2. The third-order valence-electron chi connectivity index (χ3n) is 13.2. The lowest BCUT2D eigenvalue weighted by Crippen LogP contribution is -2.37. The summed E-state index contributed by atoms with van der Waals surface area (Å²) in [5, 5.41) is 5.52. The molecule has 2 aliphatic rings. The molecule has 0 spiro atoms. The Morgan fingerprint density at radius 1 is 0.539 bits per heavy atom. The molecular formula is C55H75F2N5O12S2. The normalized spacial score (nSPS) is 17.2. The van der Waals surface area contributed by atoms with Crippen molar-refractivity contribution in [2.24, 2.45) is 0 Å². The zero-order valence-corrected chi connectivity index (χ0v) is 45.7. The molecule has 2 aliphatic carbocycles. The monoisotopic (exact) mass is 1100 g/mol. The van der Waals surface area contributed by atoms with Crippen molar-refractivity contribution in [1.29, 1.82) is 0 Å². The van der Waals surface area contributed by atoms with Gasteiger partial charge in [0.15, 0.2) is 9.84 Å². The molecule has 4 aromatic carbocycles. The molecule has 0 aromatic heterocycles. The Morgan fingerprint density at radius 3 is 1.55 bits per heavy atom. The maximum atomic E-state index is 14.0. The fraction of sp³-hybridized carbons (Fsp3) is 0.527. The van der Waals surface area contributed by atoms with Crippen molar-refractivity contribution in [1.82, 2.24) is 25.2 Å². The van der Waals surface area contributed by atoms with Gasteiger partial charge in [-0.1, -0.05) is 18.6 Å². The Kier molecular flexibility index (Phi) is 23.9. The molecule has 76 heavy (non-hydrogen) atoms. The van der Waals surface area contributed by atoms with Crippen molar-refractivity contribution < 1.29 is 63.6 Å². The van der Waals surface area contributed by atoms with Crippen molar-refractivity contribution in [2.75, 3.05) is 106 Å². The quantitative estimate of drug-likeness (QED) is 0.0417. The third-order valence-corrected chi connectivity index (χ3v) is 16.5. The van der Waals surface area contributed by atoms with Gasteiger partial charge in [0, 0.05) is 56.8 Å². The van der Waals surface area contributed by atoms with Gasteiger partial charge in [0.1, 0.15) is 41.1 Å². The summed E-state index contributed by atoms with van der Waals surface area (Å²) < 4.78 is 117. The summed E-state index contributed by atoms with van der Waals surface area (Å²) in [6, 6.07) is 21.7. The minimum atomic E-state index is -3.78. The second-order valence-corrected chi connectivity index (χ2v) is 23.2. The van der Waals surface area contributed by atoms with Gasteiger partial charge in [-0.25, -0.2) is 35.1 Å². The number of carbonyl (C=O) groups is 2. The zero-order valence-electron chi connectivity index (χ0n) is 44.1. The van der Waals surface area contributed by atoms with E-state index in [0.29, 0.717) is 70.1 Å². The molecule has 0 aliphatic heterocycles. The van der Waals surface area contributed by atoms with Crippen LogP contribution in [-0.2, 0) is 56.4 Å². The van der Waals surface area contributed by atoms with Crippen LogP contribution in [0.1, 0.15) is 79.4 Å². The van der Waals surface area contributed by atoms with Crippen LogP contribution < -0.4 is 24.8 Å². The van der Waals surface area contributed by atoms with Gasteiger partial charge < -0.3 is 48.9 Å². The van der Waals surface area contributed by atoms with E-state index in [2.05, 4.69) is 15.4 Å². The van der Waals surface area contributed by atoms with E-state index in [1.165, 1.54) is 48.5 Å². The molecule has 0 fully saturated rings. The predicted molar refractivity (Wildman–Crippen MR) is 284 cm³/mol. The number of hydrogen-bond donors (Lipinski definition) is 3. The van der Waals surface area contributed by atoms with E-state index in [0.717, 1.165) is 54.4 Å². The number of unbranched alkanes of at least 4 members (excludes halogenated alkanes) is 2. The van der Waals surface area contributed by atoms with Crippen molar-refractivity contribution in [3.63, 3.8) is 0 Å². The predicted octanol–water partition coefficient (Wildman–Crippen LogP) is 6.60. The minimum absolute atomic E-state index is 0.00587. The SMILES string of the molecule is CN(C)[C@H]1Cc2ccc(F)cc2[C@@H]1Oc1ccc(S(=O)(=O)CCCOCCOCCNC(=O)NCCCCCC(=O)CCCOCCOCCNS(=O)(=O)c2ccc(O[C@H]3c4cc(F)ccc4C[C@@H]3N(C)C)cc2)cc1. The molecule has 6 rings (SSSR count). The van der Waals surface area contributed by atoms with Gasteiger partial charge in [-0.15, -0.1) is 0 Å². The fourth-order valence-corrected chi connectivity index (χ4v) is 11.4. The molecule has 0 radical (unpaired) electrons. The van der Waals surface area contributed by atoms with Crippen molar-refractivity contribution in [2.45, 2.75) is 91.9 Å². The van der Waals surface area contributed by atoms with Crippen molar-refractivity contribution in [3.05, 3.63) is 119 Å². The lowest BCUT2D eigenvalue weighted by Gasteiger charge is -2.27. The number of ether oxygens (including phenoxy) is 6. The average Bonchev–Trinajstić information content (AvgIpc) is 3.95. The molecule has 4 aromatic rings. The number of fused-ring (bicyclic) bond motifs is 2. The number of urea groups is 1. The van der Waals surface area contributed by atoms with E-state index >= 15 is 0 Å². The number of nitrogens with one attached hydrogen (secondary N) is 3. The lowest BCUT2D eigenvalue weighted by molar-refractivity contribution is -0.119. The van der Waals surface area contributed by atoms with E-state index < -0.39 is 26.0 Å². The van der Waals surface area contributed by atoms with Crippen LogP contribution in [0.5, 0.6) is 11.5 Å². The molecule has 418 valence electrons. The first-order valence-electron chi connectivity index (χ1n) is 26.0. The number of halogens is 2. The summed E-state index contributed by atoms with van der Waals surface area (Å²) in [6.45, 7) is 3.11. The molecule has 21 heteroatoms. The topological polar surface area (TPSA) is 200 Å². The van der Waals surface area contributed by atoms with Crippen LogP contribution in [0.4, 0.5) is 13.6 Å². The summed E-state index contributed by atoms with van der Waals surface area (Å²) in [5.41, 5.74) is 3.65. The summed E-state index contributed by atoms with van der Waals surface area (Å²) in [7, 11) is 0.476. The number of Topliss-reactive ketones (excluding diaryl/α,β-unsaturated/α-hetero) is 1. The molecular weight excluding hydrogens is 1020 g/mol. The molecule has 17 nitrogen and oxygen atoms in total. The second kappa shape index (κ2) is 30.2. The molecule has 2 amide bonds. The highest BCUT2D eigenvalue weighted by atomic mass is 32.2. The van der Waals surface area contributed by atoms with E-state index in [4.69, 9.17) is 28.4 Å². The van der Waals surface area contributed by atoms with Crippen LogP contribution >= 0.6 is 0 Å². The first-order valence-corrected chi connectivity index (χ1v) is 29.1. The molecule has 4 atom stereocenters. The zero-order chi connectivity index (χ0) is 54.5. The number of sulfonamides is 1. The number of nitrogens with zero attached hydrogens (tertiary/aromatic N) is 2. The Labute approximate surface area is 447 Å². The first-order chi connectivity index (χ1) is 36.5. The van der Waals surface area contributed by atoms with Gasteiger partial charge in [0.2, 0.25) is 10.0 Å². The van der Waals surface area contributed by atoms with Gasteiger partial charge in [0.25, 0.3) is 0 Å². The lowest BCUT2D eigenvalue weighted by atomic mass is 10.1. The van der Waals surface area contributed by atoms with Crippen LogP contribution in [0.25, 0.3) is 0 Å². The highest BCUT2D eigenvalue weighted by Gasteiger charge is 2.37. The number of carbonyl (C=O) groups excluding carboxylic acids is 2. The van der Waals surface area contributed by atoms with Crippen molar-refractivity contribution >= 4 is 31.7 Å². The van der Waals surface area contributed by atoms with Gasteiger partial charge >= 0.3 is 6.03 Å². The summed E-state index contributed by atoms with van der Waals surface area (Å²) in [6.07, 6.45) is 4.71. The van der Waals surface area contributed by atoms with E-state index in [1.807, 2.05) is 38.0 Å². The molecule has 0 saturated carbocycles. The van der Waals surface area contributed by atoms with Crippen molar-refractivity contribution in [3.8, 4) is 11.5 Å². The molecule has 3 N–H and O–H groups in total. The highest BCUT2D eigenvalue weighted by molar-refractivity contribution is 7.91. The van der Waals surface area contributed by atoms with Gasteiger partial charge in [-0.3, -0.25) is 4.79 Å². The summed E-state index contributed by atoms with van der Waals surface area (Å²) >= 11 is 0. The number of benzene rings is 4. The van der Waals surface area contributed by atoms with Crippen LogP contribution in [0.15, 0.2) is 94.7 Å². The Hall–Kier alpha value is -5.10. The first kappa shape index (κ1) is 60.1. The molecule has 0 bridgehead atoms. The van der Waals surface area contributed by atoms with Gasteiger partial charge in [0.05, 0.1) is 67.3 Å². The van der Waals surface area contributed by atoms with Crippen LogP contribution in [0.2, 0.25) is 0 Å². The van der Waals surface area contributed by atoms with E-state index in [1.54, 1.807) is 36.4 Å². The number of ketones is 1. The average molecular weight is 1100 g/mol. The standard InChI is InChI=1S/C55H75F2N5O12S2/c1-61(2)51-36-40-12-14-42(56)38-49(40)53(51)73-45-16-20-47(21-17-45)75(65,66)35-9-28-70-32-33-71-29-25-59-55(64)58-24-7-5-6-10-44(63)11-8-27-69-31-34-72-30-26-60-76(67,68)48-22-18-46(19-23-48)74-54-50-39-43(57)15-13-41(50)37-52(54)62(3)4/h12-23,38-39,51-54,60H,5-11,24-37H2,1-4H3,(H2,58,59,64)/t51-,52-,53-,54-/m0/s1. The largest absolute Gasteiger partial charge is 0.484 e. The number of hydrogen-bond acceptors (Lipinski definition) is 14. The minimum Gasteiger partial charge on any atom is -0.484 e. The summed E-state index contributed by atoms with van der Waals surface area (Å²) in [5.74, 6) is 0.408. The molecule has 0 saturated heterocycles. The van der Waals surface area contributed by atoms with Crippen LogP contribution in [0, 0.1) is 11.6 Å². The smallest absolute Gasteiger partial charge is 0.314 e. The van der Waals surface area contributed by atoms with E-state index in [-0.39, 0.29) is 96.8 Å². The number of sulfone groups is 1. The van der Waals surface area contributed by atoms with Gasteiger partial charge in [-0.05, 0) is 151 Å². The second-order valence-electron chi connectivity index (χ2n) is 19.3. The van der Waals surface area contributed by atoms with Crippen LogP contribution in [0.3, 0.4) is 0 Å². The number of rotatable bonds is 35.